The van der Waals surface area contributed by atoms with Gasteiger partial charge in [0.15, 0.2) is 0 Å². The molecule has 1 aliphatic rings. The van der Waals surface area contributed by atoms with E-state index in [1.165, 1.54) is 0 Å². The van der Waals surface area contributed by atoms with Gasteiger partial charge >= 0.3 is 0 Å². The SMILES string of the molecule is Cn1ccc2ccc(C(=O)N3CC[C@H](NC(=O)c4ccncc4)C3)cc21. The van der Waals surface area contributed by atoms with E-state index >= 15 is 0 Å². The predicted molar refractivity (Wildman–Crippen MR) is 98.9 cm³/mol. The number of aryl methyl sites for hydroxylation is 1. The number of fused-ring (bicyclic) bond motifs is 1. The minimum Gasteiger partial charge on any atom is -0.351 e. The molecule has 1 N–H and O–H groups in total. The van der Waals surface area contributed by atoms with Crippen molar-refractivity contribution in [2.24, 2.45) is 7.05 Å². The largest absolute Gasteiger partial charge is 0.351 e. The third kappa shape index (κ3) is 3.06. The summed E-state index contributed by atoms with van der Waals surface area (Å²) >= 11 is 0. The minimum atomic E-state index is -0.128. The third-order valence-electron chi connectivity index (χ3n) is 4.89. The molecule has 6 heteroatoms. The number of likely N-dealkylation sites (tertiary alicyclic amines) is 1. The average molecular weight is 348 g/mol. The number of hydrogen-bond acceptors (Lipinski definition) is 3. The summed E-state index contributed by atoms with van der Waals surface area (Å²) in [5.41, 5.74) is 2.30. The molecule has 0 bridgehead atoms. The van der Waals surface area contributed by atoms with Gasteiger partial charge in [-0.2, -0.15) is 0 Å². The van der Waals surface area contributed by atoms with Gasteiger partial charge in [-0.1, -0.05) is 6.07 Å². The molecule has 6 nitrogen and oxygen atoms in total. The van der Waals surface area contributed by atoms with Gasteiger partial charge in [-0.25, -0.2) is 0 Å². The quantitative estimate of drug-likeness (QED) is 0.789. The number of pyridine rings is 1. The number of benzene rings is 1. The van der Waals surface area contributed by atoms with Crippen LogP contribution in [0.25, 0.3) is 10.9 Å². The van der Waals surface area contributed by atoms with Gasteiger partial charge in [0.25, 0.3) is 11.8 Å². The van der Waals surface area contributed by atoms with Crippen LogP contribution in [0.5, 0.6) is 0 Å². The highest BCUT2D eigenvalue weighted by atomic mass is 16.2. The van der Waals surface area contributed by atoms with E-state index in [9.17, 15) is 9.59 Å². The van der Waals surface area contributed by atoms with Crippen LogP contribution in [-0.4, -0.2) is 45.4 Å². The zero-order valence-electron chi connectivity index (χ0n) is 14.6. The fourth-order valence-electron chi connectivity index (χ4n) is 3.41. The van der Waals surface area contributed by atoms with Gasteiger partial charge in [0.05, 0.1) is 0 Å². The van der Waals surface area contributed by atoms with Crippen LogP contribution in [0, 0.1) is 0 Å². The van der Waals surface area contributed by atoms with Crippen molar-refractivity contribution in [2.45, 2.75) is 12.5 Å². The fourth-order valence-corrected chi connectivity index (χ4v) is 3.41. The Kier molecular flexibility index (Phi) is 4.16. The van der Waals surface area contributed by atoms with Crippen molar-refractivity contribution in [1.29, 1.82) is 0 Å². The molecule has 3 heterocycles. The summed E-state index contributed by atoms with van der Waals surface area (Å²) in [4.78, 5) is 30.8. The Morgan fingerprint density at radius 1 is 1.12 bits per heavy atom. The Balaban J connectivity index is 1.43. The highest BCUT2D eigenvalue weighted by Crippen LogP contribution is 2.20. The second-order valence-electron chi connectivity index (χ2n) is 6.65. The molecule has 0 spiro atoms. The van der Waals surface area contributed by atoms with Gasteiger partial charge in [-0.15, -0.1) is 0 Å². The first-order chi connectivity index (χ1) is 12.6. The van der Waals surface area contributed by atoms with Crippen LogP contribution >= 0.6 is 0 Å². The zero-order valence-corrected chi connectivity index (χ0v) is 14.6. The van der Waals surface area contributed by atoms with Gasteiger partial charge in [0, 0.05) is 61.4 Å². The van der Waals surface area contributed by atoms with Crippen LogP contribution in [0.1, 0.15) is 27.1 Å². The van der Waals surface area contributed by atoms with Crippen molar-refractivity contribution in [1.82, 2.24) is 19.8 Å². The summed E-state index contributed by atoms with van der Waals surface area (Å²) in [6, 6.07) is 11.1. The maximum atomic E-state index is 12.8. The number of nitrogens with zero attached hydrogens (tertiary/aromatic N) is 3. The van der Waals surface area contributed by atoms with E-state index in [2.05, 4.69) is 10.3 Å². The summed E-state index contributed by atoms with van der Waals surface area (Å²) < 4.78 is 2.01. The number of hydrogen-bond donors (Lipinski definition) is 1. The molecule has 1 atom stereocenters. The molecule has 4 rings (SSSR count). The van der Waals surface area contributed by atoms with Crippen molar-refractivity contribution in [3.8, 4) is 0 Å². The Hall–Kier alpha value is -3.15. The predicted octanol–water partition coefficient (Wildman–Crippen LogP) is 2.22. The lowest BCUT2D eigenvalue weighted by Crippen LogP contribution is -2.38. The normalized spacial score (nSPS) is 16.8. The van der Waals surface area contributed by atoms with Crippen LogP contribution < -0.4 is 5.32 Å². The number of amides is 2. The van der Waals surface area contributed by atoms with Crippen LogP contribution in [0.4, 0.5) is 0 Å². The molecular weight excluding hydrogens is 328 g/mol. The summed E-state index contributed by atoms with van der Waals surface area (Å²) in [5, 5.41) is 4.12. The molecule has 0 radical (unpaired) electrons. The minimum absolute atomic E-state index is 0.00811. The van der Waals surface area contributed by atoms with E-state index in [4.69, 9.17) is 0 Å². The van der Waals surface area contributed by atoms with Crippen molar-refractivity contribution >= 4 is 22.7 Å². The lowest BCUT2D eigenvalue weighted by atomic mass is 10.1. The molecule has 26 heavy (non-hydrogen) atoms. The second-order valence-corrected chi connectivity index (χ2v) is 6.65. The number of nitrogens with one attached hydrogen (secondary N) is 1. The van der Waals surface area contributed by atoms with Crippen LogP contribution in [0.15, 0.2) is 55.0 Å². The van der Waals surface area contributed by atoms with Crippen molar-refractivity contribution in [3.05, 3.63) is 66.1 Å². The molecule has 0 aliphatic carbocycles. The Labute approximate surface area is 151 Å². The Bertz CT molecular complexity index is 964. The molecule has 1 aliphatic heterocycles. The molecule has 1 aromatic carbocycles. The van der Waals surface area contributed by atoms with E-state index in [0.717, 1.165) is 17.3 Å². The number of rotatable bonds is 3. The molecular formula is C20H20N4O2. The van der Waals surface area contributed by atoms with Crippen molar-refractivity contribution in [2.75, 3.05) is 13.1 Å². The second kappa shape index (κ2) is 6.63. The standard InChI is InChI=1S/C20H20N4O2/c1-23-10-6-14-2-3-16(12-18(14)23)20(26)24-11-7-17(13-24)22-19(25)15-4-8-21-9-5-15/h2-6,8-10,12,17H,7,11,13H2,1H3,(H,22,25)/t17-/m0/s1. The summed E-state index contributed by atoms with van der Waals surface area (Å²) in [6.07, 6.45) is 5.94. The fraction of sp³-hybridized carbons (Fsp3) is 0.250. The topological polar surface area (TPSA) is 67.2 Å². The van der Waals surface area contributed by atoms with E-state index in [0.29, 0.717) is 24.2 Å². The average Bonchev–Trinajstić information content (AvgIpc) is 3.28. The lowest BCUT2D eigenvalue weighted by Gasteiger charge is -2.17. The summed E-state index contributed by atoms with van der Waals surface area (Å²) in [6.45, 7) is 1.17. The van der Waals surface area contributed by atoms with Crippen LogP contribution in [0.2, 0.25) is 0 Å². The smallest absolute Gasteiger partial charge is 0.254 e. The van der Waals surface area contributed by atoms with Gasteiger partial charge in [0.1, 0.15) is 0 Å². The maximum absolute atomic E-state index is 12.8. The van der Waals surface area contributed by atoms with Crippen molar-refractivity contribution in [3.63, 3.8) is 0 Å². The van der Waals surface area contributed by atoms with Crippen molar-refractivity contribution < 1.29 is 9.59 Å². The van der Waals surface area contributed by atoms with E-state index < -0.39 is 0 Å². The lowest BCUT2D eigenvalue weighted by molar-refractivity contribution is 0.0783. The first-order valence-corrected chi connectivity index (χ1v) is 8.67. The molecule has 2 aromatic heterocycles. The molecule has 0 saturated carbocycles. The third-order valence-corrected chi connectivity index (χ3v) is 4.89. The molecule has 132 valence electrons. The highest BCUT2D eigenvalue weighted by Gasteiger charge is 2.28. The monoisotopic (exact) mass is 348 g/mol. The Morgan fingerprint density at radius 3 is 2.73 bits per heavy atom. The number of carbonyl (C=O) groups excluding carboxylic acids is 2. The van der Waals surface area contributed by atoms with Crippen LogP contribution in [-0.2, 0) is 7.05 Å². The molecule has 3 aromatic rings. The van der Waals surface area contributed by atoms with Gasteiger partial charge < -0.3 is 14.8 Å². The van der Waals surface area contributed by atoms with E-state index in [1.807, 2.05) is 47.0 Å². The molecule has 1 fully saturated rings. The summed E-state index contributed by atoms with van der Waals surface area (Å²) in [5.74, 6) is -0.120. The first-order valence-electron chi connectivity index (χ1n) is 8.67. The van der Waals surface area contributed by atoms with E-state index in [1.54, 1.807) is 24.5 Å². The van der Waals surface area contributed by atoms with Gasteiger partial charge in [0.2, 0.25) is 0 Å². The molecule has 0 unspecified atom stereocenters. The maximum Gasteiger partial charge on any atom is 0.254 e. The molecule has 2 amide bonds. The summed E-state index contributed by atoms with van der Waals surface area (Å²) in [7, 11) is 1.97. The number of aromatic nitrogens is 2. The Morgan fingerprint density at radius 2 is 1.92 bits per heavy atom. The van der Waals surface area contributed by atoms with Gasteiger partial charge in [-0.05, 0) is 42.1 Å². The first kappa shape index (κ1) is 16.3. The van der Waals surface area contributed by atoms with E-state index in [-0.39, 0.29) is 17.9 Å². The highest BCUT2D eigenvalue weighted by molar-refractivity contribution is 5.98. The van der Waals surface area contributed by atoms with Crippen LogP contribution in [0.3, 0.4) is 0 Å². The number of carbonyl (C=O) groups is 2. The van der Waals surface area contributed by atoms with Gasteiger partial charge in [-0.3, -0.25) is 14.6 Å². The molecule has 1 saturated heterocycles. The zero-order chi connectivity index (χ0) is 18.1.